The van der Waals surface area contributed by atoms with E-state index in [9.17, 15) is 4.79 Å². The maximum Gasteiger partial charge on any atom is 0.306 e. The van der Waals surface area contributed by atoms with Crippen molar-refractivity contribution >= 4 is 5.97 Å². The Bertz CT molecular complexity index is 213. The van der Waals surface area contributed by atoms with E-state index in [1.54, 1.807) is 0 Å². The number of methoxy groups -OCH3 is 1. The SMILES string of the molecule is C=CCC(C)(CC(=O)OC)C(C)(C)C. The molecule has 0 aromatic heterocycles. The van der Waals surface area contributed by atoms with Gasteiger partial charge in [0.15, 0.2) is 0 Å². The third-order valence-corrected chi connectivity index (χ3v) is 3.17. The molecule has 0 aliphatic carbocycles. The van der Waals surface area contributed by atoms with Gasteiger partial charge in [0.25, 0.3) is 0 Å². The molecule has 14 heavy (non-hydrogen) atoms. The monoisotopic (exact) mass is 198 g/mol. The van der Waals surface area contributed by atoms with E-state index in [0.29, 0.717) is 6.42 Å². The van der Waals surface area contributed by atoms with E-state index in [0.717, 1.165) is 6.42 Å². The molecule has 82 valence electrons. The number of esters is 1. The number of allylic oxidation sites excluding steroid dienone is 1. The first-order valence-electron chi connectivity index (χ1n) is 4.94. The average Bonchev–Trinajstić information content (AvgIpc) is 2.02. The zero-order chi connectivity index (χ0) is 11.4. The second-order valence-electron chi connectivity index (χ2n) is 5.06. The normalized spacial score (nSPS) is 15.8. The van der Waals surface area contributed by atoms with Gasteiger partial charge in [-0.3, -0.25) is 4.79 Å². The van der Waals surface area contributed by atoms with Crippen LogP contribution in [0.2, 0.25) is 0 Å². The maximum atomic E-state index is 11.3. The molecule has 2 nitrogen and oxygen atoms in total. The average molecular weight is 198 g/mol. The van der Waals surface area contributed by atoms with E-state index in [2.05, 4.69) is 34.3 Å². The quantitative estimate of drug-likeness (QED) is 0.512. The van der Waals surface area contributed by atoms with Crippen LogP contribution < -0.4 is 0 Å². The van der Waals surface area contributed by atoms with Gasteiger partial charge in [0, 0.05) is 0 Å². The molecule has 2 heteroatoms. The van der Waals surface area contributed by atoms with Crippen LogP contribution in [0.15, 0.2) is 12.7 Å². The zero-order valence-electron chi connectivity index (χ0n) is 10.0. The summed E-state index contributed by atoms with van der Waals surface area (Å²) in [6, 6.07) is 0. The van der Waals surface area contributed by atoms with Crippen LogP contribution in [-0.4, -0.2) is 13.1 Å². The Morgan fingerprint density at radius 2 is 1.86 bits per heavy atom. The molecule has 0 radical (unpaired) electrons. The Morgan fingerprint density at radius 1 is 1.36 bits per heavy atom. The van der Waals surface area contributed by atoms with Gasteiger partial charge in [-0.2, -0.15) is 0 Å². The predicted molar refractivity (Wildman–Crippen MR) is 59.0 cm³/mol. The number of ether oxygens (including phenoxy) is 1. The van der Waals surface area contributed by atoms with Crippen molar-refractivity contribution in [2.45, 2.75) is 40.5 Å². The molecule has 0 spiro atoms. The third-order valence-electron chi connectivity index (χ3n) is 3.17. The number of hydrogen-bond donors (Lipinski definition) is 0. The topological polar surface area (TPSA) is 26.3 Å². The highest BCUT2D eigenvalue weighted by molar-refractivity contribution is 5.70. The fourth-order valence-electron chi connectivity index (χ4n) is 1.35. The zero-order valence-corrected chi connectivity index (χ0v) is 10.0. The molecule has 0 bridgehead atoms. The lowest BCUT2D eigenvalue weighted by molar-refractivity contribution is -0.145. The summed E-state index contributed by atoms with van der Waals surface area (Å²) in [6.45, 7) is 12.3. The first kappa shape index (κ1) is 13.2. The first-order chi connectivity index (χ1) is 6.27. The molecule has 1 atom stereocenters. The number of carbonyl (C=O) groups is 1. The molecular formula is C12H22O2. The fourth-order valence-corrected chi connectivity index (χ4v) is 1.35. The maximum absolute atomic E-state index is 11.3. The van der Waals surface area contributed by atoms with Crippen LogP contribution in [0, 0.1) is 10.8 Å². The van der Waals surface area contributed by atoms with Crippen molar-refractivity contribution in [2.75, 3.05) is 7.11 Å². The number of rotatable bonds is 4. The van der Waals surface area contributed by atoms with Crippen LogP contribution in [-0.2, 0) is 9.53 Å². The summed E-state index contributed by atoms with van der Waals surface area (Å²) in [5.41, 5.74) is -0.0166. The lowest BCUT2D eigenvalue weighted by Crippen LogP contribution is -2.35. The summed E-state index contributed by atoms with van der Waals surface area (Å²) in [7, 11) is 1.43. The van der Waals surface area contributed by atoms with Gasteiger partial charge in [-0.05, 0) is 17.3 Å². The van der Waals surface area contributed by atoms with Gasteiger partial charge >= 0.3 is 5.97 Å². The van der Waals surface area contributed by atoms with Gasteiger partial charge in [-0.15, -0.1) is 6.58 Å². The van der Waals surface area contributed by atoms with E-state index >= 15 is 0 Å². The second-order valence-corrected chi connectivity index (χ2v) is 5.06. The van der Waals surface area contributed by atoms with Crippen molar-refractivity contribution in [1.29, 1.82) is 0 Å². The van der Waals surface area contributed by atoms with Crippen molar-refractivity contribution < 1.29 is 9.53 Å². The largest absolute Gasteiger partial charge is 0.469 e. The molecule has 0 fully saturated rings. The van der Waals surface area contributed by atoms with Crippen molar-refractivity contribution in [1.82, 2.24) is 0 Å². The fraction of sp³-hybridized carbons (Fsp3) is 0.750. The van der Waals surface area contributed by atoms with E-state index in [-0.39, 0.29) is 16.8 Å². The van der Waals surface area contributed by atoms with Crippen LogP contribution in [0.5, 0.6) is 0 Å². The molecule has 0 saturated heterocycles. The van der Waals surface area contributed by atoms with Crippen molar-refractivity contribution in [3.8, 4) is 0 Å². The van der Waals surface area contributed by atoms with Gasteiger partial charge in [-0.25, -0.2) is 0 Å². The Hall–Kier alpha value is -0.790. The minimum Gasteiger partial charge on any atom is -0.469 e. The van der Waals surface area contributed by atoms with Gasteiger partial charge < -0.3 is 4.74 Å². The Morgan fingerprint density at radius 3 is 2.14 bits per heavy atom. The van der Waals surface area contributed by atoms with Crippen LogP contribution in [0.3, 0.4) is 0 Å². The predicted octanol–water partition coefficient (Wildman–Crippen LogP) is 3.18. The van der Waals surface area contributed by atoms with Gasteiger partial charge in [0.2, 0.25) is 0 Å². The molecular weight excluding hydrogens is 176 g/mol. The summed E-state index contributed by atoms with van der Waals surface area (Å²) >= 11 is 0. The van der Waals surface area contributed by atoms with E-state index in [1.807, 2.05) is 6.08 Å². The van der Waals surface area contributed by atoms with Gasteiger partial charge in [0.1, 0.15) is 0 Å². The standard InChI is InChI=1S/C12H22O2/c1-7-8-12(5,11(2,3)4)9-10(13)14-6/h7H,1,8-9H2,2-6H3. The molecule has 0 amide bonds. The lowest BCUT2D eigenvalue weighted by atomic mass is 9.64. The molecule has 1 unspecified atom stereocenters. The smallest absolute Gasteiger partial charge is 0.306 e. The minimum absolute atomic E-state index is 0.0649. The molecule has 0 aliphatic heterocycles. The molecule has 0 rings (SSSR count). The first-order valence-corrected chi connectivity index (χ1v) is 4.94. The third kappa shape index (κ3) is 3.17. The van der Waals surface area contributed by atoms with Crippen molar-refractivity contribution in [3.05, 3.63) is 12.7 Å². The summed E-state index contributed by atoms with van der Waals surface area (Å²) in [5.74, 6) is -0.149. The van der Waals surface area contributed by atoms with E-state index < -0.39 is 0 Å². The van der Waals surface area contributed by atoms with Gasteiger partial charge in [0.05, 0.1) is 13.5 Å². The van der Waals surface area contributed by atoms with Crippen LogP contribution in [0.1, 0.15) is 40.5 Å². The van der Waals surface area contributed by atoms with Crippen LogP contribution in [0.25, 0.3) is 0 Å². The highest BCUT2D eigenvalue weighted by atomic mass is 16.5. The molecule has 0 aromatic rings. The molecule has 0 aliphatic rings. The highest BCUT2D eigenvalue weighted by Gasteiger charge is 2.38. The highest BCUT2D eigenvalue weighted by Crippen LogP contribution is 2.44. The number of carbonyl (C=O) groups excluding carboxylic acids is 1. The van der Waals surface area contributed by atoms with Crippen molar-refractivity contribution in [2.24, 2.45) is 10.8 Å². The minimum atomic E-state index is -0.149. The van der Waals surface area contributed by atoms with E-state index in [1.165, 1.54) is 7.11 Å². The Balaban J connectivity index is 4.72. The van der Waals surface area contributed by atoms with Crippen molar-refractivity contribution in [3.63, 3.8) is 0 Å². The Labute approximate surface area is 87.3 Å². The molecule has 0 heterocycles. The second kappa shape index (κ2) is 4.63. The number of hydrogen-bond acceptors (Lipinski definition) is 2. The summed E-state index contributed by atoms with van der Waals surface area (Å²) in [5, 5.41) is 0. The molecule has 0 aromatic carbocycles. The molecule has 0 N–H and O–H groups in total. The van der Waals surface area contributed by atoms with Gasteiger partial charge in [-0.1, -0.05) is 33.8 Å². The summed E-state index contributed by atoms with van der Waals surface area (Å²) < 4.78 is 4.71. The Kier molecular flexibility index (Phi) is 4.37. The van der Waals surface area contributed by atoms with Crippen LogP contribution >= 0.6 is 0 Å². The van der Waals surface area contributed by atoms with Crippen LogP contribution in [0.4, 0.5) is 0 Å². The summed E-state index contributed by atoms with van der Waals surface area (Å²) in [4.78, 5) is 11.3. The molecule has 0 saturated carbocycles. The lowest BCUT2D eigenvalue weighted by Gasteiger charge is -2.40. The van der Waals surface area contributed by atoms with E-state index in [4.69, 9.17) is 4.74 Å². The summed E-state index contributed by atoms with van der Waals surface area (Å²) in [6.07, 6.45) is 3.14.